The van der Waals surface area contributed by atoms with Crippen LogP contribution in [0.3, 0.4) is 0 Å². The van der Waals surface area contributed by atoms with Gasteiger partial charge in [0.05, 0.1) is 17.9 Å². The van der Waals surface area contributed by atoms with E-state index in [2.05, 4.69) is 19.2 Å². The first-order chi connectivity index (χ1) is 15.0. The van der Waals surface area contributed by atoms with Gasteiger partial charge in [0, 0.05) is 18.7 Å². The molecule has 0 aromatic heterocycles. The van der Waals surface area contributed by atoms with Crippen molar-refractivity contribution in [3.05, 3.63) is 59.7 Å². The Kier molecular flexibility index (Phi) is 8.10. The lowest BCUT2D eigenvalue weighted by Gasteiger charge is -2.25. The van der Waals surface area contributed by atoms with Crippen LogP contribution < -0.4 is 15.0 Å². The standard InChI is InChI=1S/C26H34N2O3/c1-19(2)17-18-31-22-15-13-20(14-16-22)26(30)28(3)24-12-8-7-11-23(24)25(29)27-21-9-5-4-6-10-21/h7-8,11-16,19,21H,4-6,9-10,17-18H2,1-3H3,(H,27,29). The number of nitrogens with zero attached hydrogens (tertiary/aromatic N) is 1. The van der Waals surface area contributed by atoms with E-state index in [1.165, 1.54) is 6.42 Å². The fraction of sp³-hybridized carbons (Fsp3) is 0.462. The summed E-state index contributed by atoms with van der Waals surface area (Å²) in [7, 11) is 1.71. The number of nitrogens with one attached hydrogen (secondary N) is 1. The van der Waals surface area contributed by atoms with E-state index in [1.807, 2.05) is 30.3 Å². The summed E-state index contributed by atoms with van der Waals surface area (Å²) in [4.78, 5) is 27.5. The van der Waals surface area contributed by atoms with Crippen molar-refractivity contribution < 1.29 is 14.3 Å². The van der Waals surface area contributed by atoms with Gasteiger partial charge in [-0.2, -0.15) is 0 Å². The van der Waals surface area contributed by atoms with E-state index >= 15 is 0 Å². The summed E-state index contributed by atoms with van der Waals surface area (Å²) in [5, 5.41) is 3.15. The van der Waals surface area contributed by atoms with Crippen LogP contribution >= 0.6 is 0 Å². The second-order valence-corrected chi connectivity index (χ2v) is 8.75. The SMILES string of the molecule is CC(C)CCOc1ccc(C(=O)N(C)c2ccccc2C(=O)NC2CCCCC2)cc1. The summed E-state index contributed by atoms with van der Waals surface area (Å²) in [6.07, 6.45) is 6.58. The molecule has 0 atom stereocenters. The molecule has 0 unspecified atom stereocenters. The molecule has 3 rings (SSSR count). The summed E-state index contributed by atoms with van der Waals surface area (Å²) in [5.41, 5.74) is 1.69. The van der Waals surface area contributed by atoms with Crippen LogP contribution in [0, 0.1) is 5.92 Å². The number of ether oxygens (including phenoxy) is 1. The molecule has 2 aromatic rings. The number of benzene rings is 2. The van der Waals surface area contributed by atoms with Crippen molar-refractivity contribution in [1.29, 1.82) is 0 Å². The summed E-state index contributed by atoms with van der Waals surface area (Å²) >= 11 is 0. The van der Waals surface area contributed by atoms with Crippen molar-refractivity contribution in [3.8, 4) is 5.75 Å². The predicted molar refractivity (Wildman–Crippen MR) is 125 cm³/mol. The third-order valence-electron chi connectivity index (χ3n) is 5.82. The zero-order chi connectivity index (χ0) is 22.2. The lowest BCUT2D eigenvalue weighted by Crippen LogP contribution is -2.37. The zero-order valence-corrected chi connectivity index (χ0v) is 18.9. The van der Waals surface area contributed by atoms with Gasteiger partial charge < -0.3 is 15.0 Å². The van der Waals surface area contributed by atoms with Gasteiger partial charge in [0.15, 0.2) is 0 Å². The number of rotatable bonds is 8. The molecule has 0 spiro atoms. The van der Waals surface area contributed by atoms with Gasteiger partial charge in [0.1, 0.15) is 5.75 Å². The van der Waals surface area contributed by atoms with Crippen molar-refractivity contribution in [1.82, 2.24) is 5.32 Å². The largest absolute Gasteiger partial charge is 0.494 e. The van der Waals surface area contributed by atoms with Crippen molar-refractivity contribution >= 4 is 17.5 Å². The van der Waals surface area contributed by atoms with Crippen LogP contribution in [0.5, 0.6) is 5.75 Å². The molecular weight excluding hydrogens is 388 g/mol. The highest BCUT2D eigenvalue weighted by molar-refractivity contribution is 6.10. The highest BCUT2D eigenvalue weighted by atomic mass is 16.5. The number of para-hydroxylation sites is 1. The molecule has 0 aliphatic heterocycles. The van der Waals surface area contributed by atoms with E-state index in [4.69, 9.17) is 4.74 Å². The number of carbonyl (C=O) groups is 2. The second kappa shape index (κ2) is 11.0. The maximum absolute atomic E-state index is 13.1. The molecule has 1 saturated carbocycles. The predicted octanol–water partition coefficient (Wildman–Crippen LogP) is 5.45. The van der Waals surface area contributed by atoms with Crippen LogP contribution in [0.4, 0.5) is 5.69 Å². The fourth-order valence-electron chi connectivity index (χ4n) is 3.88. The molecule has 1 fully saturated rings. The normalized spacial score (nSPS) is 14.3. The lowest BCUT2D eigenvalue weighted by molar-refractivity contribution is 0.0928. The first-order valence-corrected chi connectivity index (χ1v) is 11.4. The van der Waals surface area contributed by atoms with E-state index in [9.17, 15) is 9.59 Å². The Morgan fingerprint density at radius 3 is 2.39 bits per heavy atom. The molecule has 5 nitrogen and oxygen atoms in total. The number of carbonyl (C=O) groups excluding carboxylic acids is 2. The average Bonchev–Trinajstić information content (AvgIpc) is 2.79. The minimum atomic E-state index is -0.161. The summed E-state index contributed by atoms with van der Waals surface area (Å²) in [6.45, 7) is 4.98. The molecule has 2 aromatic carbocycles. The van der Waals surface area contributed by atoms with Crippen LogP contribution in [0.25, 0.3) is 0 Å². The molecule has 0 bridgehead atoms. The summed E-state index contributed by atoms with van der Waals surface area (Å²) < 4.78 is 5.74. The van der Waals surface area contributed by atoms with E-state index in [0.717, 1.165) is 37.9 Å². The van der Waals surface area contributed by atoms with E-state index in [0.29, 0.717) is 29.3 Å². The number of hydrogen-bond acceptors (Lipinski definition) is 3. The molecule has 1 N–H and O–H groups in total. The highest BCUT2D eigenvalue weighted by Crippen LogP contribution is 2.24. The fourth-order valence-corrected chi connectivity index (χ4v) is 3.88. The Bertz CT molecular complexity index is 870. The number of hydrogen-bond donors (Lipinski definition) is 1. The van der Waals surface area contributed by atoms with Crippen LogP contribution in [0.15, 0.2) is 48.5 Å². The maximum Gasteiger partial charge on any atom is 0.258 e. The third kappa shape index (κ3) is 6.33. The molecule has 0 radical (unpaired) electrons. The van der Waals surface area contributed by atoms with Gasteiger partial charge >= 0.3 is 0 Å². The van der Waals surface area contributed by atoms with Gasteiger partial charge in [-0.1, -0.05) is 45.2 Å². The van der Waals surface area contributed by atoms with Crippen LogP contribution in [-0.2, 0) is 0 Å². The Morgan fingerprint density at radius 1 is 1.03 bits per heavy atom. The summed E-state index contributed by atoms with van der Waals surface area (Å²) in [6, 6.07) is 14.7. The van der Waals surface area contributed by atoms with Gasteiger partial charge in [-0.25, -0.2) is 0 Å². The lowest BCUT2D eigenvalue weighted by atomic mass is 9.95. The topological polar surface area (TPSA) is 58.6 Å². The Morgan fingerprint density at radius 2 is 1.71 bits per heavy atom. The van der Waals surface area contributed by atoms with Gasteiger partial charge in [0.2, 0.25) is 0 Å². The Balaban J connectivity index is 1.68. The molecule has 5 heteroatoms. The van der Waals surface area contributed by atoms with Crippen LogP contribution in [0.1, 0.15) is 73.1 Å². The van der Waals surface area contributed by atoms with Crippen molar-refractivity contribution in [2.45, 2.75) is 58.4 Å². The maximum atomic E-state index is 13.1. The van der Waals surface area contributed by atoms with E-state index in [-0.39, 0.29) is 17.9 Å². The molecule has 1 aliphatic rings. The molecule has 1 aliphatic carbocycles. The smallest absolute Gasteiger partial charge is 0.258 e. The monoisotopic (exact) mass is 422 g/mol. The second-order valence-electron chi connectivity index (χ2n) is 8.75. The molecular formula is C26H34N2O3. The average molecular weight is 423 g/mol. The van der Waals surface area contributed by atoms with Crippen molar-refractivity contribution in [2.75, 3.05) is 18.6 Å². The van der Waals surface area contributed by atoms with Gasteiger partial charge in [-0.3, -0.25) is 9.59 Å². The molecule has 31 heavy (non-hydrogen) atoms. The molecule has 0 heterocycles. The van der Waals surface area contributed by atoms with Crippen LogP contribution in [0.2, 0.25) is 0 Å². The number of amides is 2. The third-order valence-corrected chi connectivity index (χ3v) is 5.82. The quantitative estimate of drug-likeness (QED) is 0.615. The first-order valence-electron chi connectivity index (χ1n) is 11.4. The summed E-state index contributed by atoms with van der Waals surface area (Å²) in [5.74, 6) is 1.07. The molecule has 166 valence electrons. The van der Waals surface area contributed by atoms with Gasteiger partial charge in [-0.15, -0.1) is 0 Å². The Labute approximate surface area is 185 Å². The zero-order valence-electron chi connectivity index (χ0n) is 18.9. The molecule has 2 amide bonds. The minimum Gasteiger partial charge on any atom is -0.494 e. The van der Waals surface area contributed by atoms with Crippen molar-refractivity contribution in [3.63, 3.8) is 0 Å². The van der Waals surface area contributed by atoms with Crippen molar-refractivity contribution in [2.24, 2.45) is 5.92 Å². The number of anilines is 1. The first kappa shape index (κ1) is 22.9. The highest BCUT2D eigenvalue weighted by Gasteiger charge is 2.22. The van der Waals surface area contributed by atoms with Gasteiger partial charge in [0.25, 0.3) is 11.8 Å². The van der Waals surface area contributed by atoms with E-state index < -0.39 is 0 Å². The van der Waals surface area contributed by atoms with Gasteiger partial charge in [-0.05, 0) is 61.6 Å². The molecule has 0 saturated heterocycles. The van der Waals surface area contributed by atoms with Crippen LogP contribution in [-0.4, -0.2) is 31.5 Å². The van der Waals surface area contributed by atoms with E-state index in [1.54, 1.807) is 30.1 Å². The Hall–Kier alpha value is -2.82. The minimum absolute atomic E-state index is 0.115.